The van der Waals surface area contributed by atoms with Gasteiger partial charge in [-0.3, -0.25) is 0 Å². The second-order valence-electron chi connectivity index (χ2n) is 3.79. The molecule has 2 rings (SSSR count). The maximum atomic E-state index is 5.91. The zero-order chi connectivity index (χ0) is 11.4. The van der Waals surface area contributed by atoms with Crippen molar-refractivity contribution in [3.05, 3.63) is 64.7 Å². The van der Waals surface area contributed by atoms with E-state index in [0.717, 1.165) is 17.3 Å². The lowest BCUT2D eigenvalue weighted by Gasteiger charge is -2.09. The molecule has 0 bridgehead atoms. The lowest BCUT2D eigenvalue weighted by Crippen LogP contribution is -2.00. The SMILES string of the molecule is Cc1cc(Cl)ccc1CNc1ccccc1. The van der Waals surface area contributed by atoms with Crippen LogP contribution in [-0.2, 0) is 6.54 Å². The normalized spacial score (nSPS) is 10.1. The monoisotopic (exact) mass is 231 g/mol. The van der Waals surface area contributed by atoms with E-state index >= 15 is 0 Å². The van der Waals surface area contributed by atoms with Crippen LogP contribution < -0.4 is 5.32 Å². The van der Waals surface area contributed by atoms with E-state index in [0.29, 0.717) is 0 Å². The zero-order valence-corrected chi connectivity index (χ0v) is 9.96. The van der Waals surface area contributed by atoms with Gasteiger partial charge in [0.1, 0.15) is 0 Å². The third kappa shape index (κ3) is 2.77. The van der Waals surface area contributed by atoms with Crippen LogP contribution in [0.1, 0.15) is 11.1 Å². The Kier molecular flexibility index (Phi) is 3.47. The number of hydrogen-bond donors (Lipinski definition) is 1. The molecule has 0 aromatic heterocycles. The summed E-state index contributed by atoms with van der Waals surface area (Å²) in [5, 5.41) is 4.17. The highest BCUT2D eigenvalue weighted by Gasteiger charge is 1.98. The van der Waals surface area contributed by atoms with E-state index < -0.39 is 0 Å². The van der Waals surface area contributed by atoms with Gasteiger partial charge < -0.3 is 5.32 Å². The summed E-state index contributed by atoms with van der Waals surface area (Å²) in [7, 11) is 0. The van der Waals surface area contributed by atoms with Crippen LogP contribution in [0.2, 0.25) is 5.02 Å². The Hall–Kier alpha value is -1.47. The fourth-order valence-electron chi connectivity index (χ4n) is 1.61. The molecule has 0 fully saturated rings. The number of benzene rings is 2. The average Bonchev–Trinajstić information content (AvgIpc) is 2.29. The number of aryl methyl sites for hydroxylation is 1. The number of anilines is 1. The molecule has 1 N–H and O–H groups in total. The Balaban J connectivity index is 2.05. The van der Waals surface area contributed by atoms with Crippen molar-refractivity contribution < 1.29 is 0 Å². The molecule has 0 radical (unpaired) electrons. The van der Waals surface area contributed by atoms with Crippen molar-refractivity contribution >= 4 is 17.3 Å². The minimum Gasteiger partial charge on any atom is -0.381 e. The molecule has 0 unspecified atom stereocenters. The smallest absolute Gasteiger partial charge is 0.0408 e. The Morgan fingerprint density at radius 2 is 1.81 bits per heavy atom. The van der Waals surface area contributed by atoms with Crippen molar-refractivity contribution in [3.8, 4) is 0 Å². The standard InChI is InChI=1S/C14H14ClN/c1-11-9-13(15)8-7-12(11)10-16-14-5-3-2-4-6-14/h2-9,16H,10H2,1H3. The lowest BCUT2D eigenvalue weighted by molar-refractivity contribution is 1.12. The van der Waals surface area contributed by atoms with Gasteiger partial charge in [0.2, 0.25) is 0 Å². The summed E-state index contributed by atoms with van der Waals surface area (Å²) in [4.78, 5) is 0. The largest absolute Gasteiger partial charge is 0.381 e. The van der Waals surface area contributed by atoms with E-state index in [-0.39, 0.29) is 0 Å². The zero-order valence-electron chi connectivity index (χ0n) is 9.20. The second-order valence-corrected chi connectivity index (χ2v) is 4.23. The molecule has 0 spiro atoms. The van der Waals surface area contributed by atoms with Crippen LogP contribution in [0.25, 0.3) is 0 Å². The minimum atomic E-state index is 0.793. The Morgan fingerprint density at radius 3 is 2.50 bits per heavy atom. The van der Waals surface area contributed by atoms with Crippen LogP contribution in [0.4, 0.5) is 5.69 Å². The number of halogens is 1. The van der Waals surface area contributed by atoms with Crippen LogP contribution in [-0.4, -0.2) is 0 Å². The van der Waals surface area contributed by atoms with Gasteiger partial charge in [-0.2, -0.15) is 0 Å². The predicted molar refractivity (Wildman–Crippen MR) is 70.0 cm³/mol. The van der Waals surface area contributed by atoms with Crippen LogP contribution in [0.5, 0.6) is 0 Å². The van der Waals surface area contributed by atoms with Crippen molar-refractivity contribution in [3.63, 3.8) is 0 Å². The summed E-state index contributed by atoms with van der Waals surface area (Å²) >= 11 is 5.91. The van der Waals surface area contributed by atoms with E-state index in [1.807, 2.05) is 30.3 Å². The fraction of sp³-hybridized carbons (Fsp3) is 0.143. The van der Waals surface area contributed by atoms with Crippen molar-refractivity contribution in [1.29, 1.82) is 0 Å². The molecule has 2 aromatic rings. The van der Waals surface area contributed by atoms with E-state index in [1.54, 1.807) is 0 Å². The Morgan fingerprint density at radius 1 is 1.06 bits per heavy atom. The first kappa shape index (κ1) is 11.0. The van der Waals surface area contributed by atoms with Crippen molar-refractivity contribution in [2.75, 3.05) is 5.32 Å². The van der Waals surface area contributed by atoms with Gasteiger partial charge in [-0.05, 0) is 42.3 Å². The van der Waals surface area contributed by atoms with E-state index in [1.165, 1.54) is 11.1 Å². The molecule has 2 aromatic carbocycles. The van der Waals surface area contributed by atoms with Gasteiger partial charge in [-0.15, -0.1) is 0 Å². The first-order chi connectivity index (χ1) is 7.75. The van der Waals surface area contributed by atoms with Crippen LogP contribution >= 0.6 is 11.6 Å². The summed E-state index contributed by atoms with van der Waals surface area (Å²) in [6.07, 6.45) is 0. The molecular weight excluding hydrogens is 218 g/mol. The van der Waals surface area contributed by atoms with Gasteiger partial charge >= 0.3 is 0 Å². The molecule has 0 saturated carbocycles. The van der Waals surface area contributed by atoms with E-state index in [2.05, 4.69) is 30.4 Å². The van der Waals surface area contributed by atoms with Crippen LogP contribution in [0, 0.1) is 6.92 Å². The van der Waals surface area contributed by atoms with Crippen LogP contribution in [0.3, 0.4) is 0 Å². The van der Waals surface area contributed by atoms with Gasteiger partial charge in [-0.25, -0.2) is 0 Å². The summed E-state index contributed by atoms with van der Waals surface area (Å²) in [6, 6.07) is 16.2. The summed E-state index contributed by atoms with van der Waals surface area (Å²) < 4.78 is 0. The molecule has 0 amide bonds. The molecule has 82 valence electrons. The quantitative estimate of drug-likeness (QED) is 0.832. The molecule has 16 heavy (non-hydrogen) atoms. The topological polar surface area (TPSA) is 12.0 Å². The molecule has 0 heterocycles. The Bertz CT molecular complexity index is 465. The van der Waals surface area contributed by atoms with Crippen molar-refractivity contribution in [2.45, 2.75) is 13.5 Å². The maximum Gasteiger partial charge on any atom is 0.0408 e. The third-order valence-corrected chi connectivity index (χ3v) is 2.80. The van der Waals surface area contributed by atoms with Gasteiger partial charge in [0, 0.05) is 17.3 Å². The molecule has 0 aliphatic heterocycles. The highest BCUT2D eigenvalue weighted by atomic mass is 35.5. The van der Waals surface area contributed by atoms with Crippen LogP contribution in [0.15, 0.2) is 48.5 Å². The highest BCUT2D eigenvalue weighted by Crippen LogP contribution is 2.16. The first-order valence-electron chi connectivity index (χ1n) is 5.29. The third-order valence-electron chi connectivity index (χ3n) is 2.56. The molecule has 0 aliphatic carbocycles. The lowest BCUT2D eigenvalue weighted by atomic mass is 10.1. The van der Waals surface area contributed by atoms with Gasteiger partial charge in [0.25, 0.3) is 0 Å². The summed E-state index contributed by atoms with van der Waals surface area (Å²) in [6.45, 7) is 2.90. The average molecular weight is 232 g/mol. The summed E-state index contributed by atoms with van der Waals surface area (Å²) in [5.41, 5.74) is 3.63. The second kappa shape index (κ2) is 5.04. The molecule has 0 saturated heterocycles. The van der Waals surface area contributed by atoms with E-state index in [9.17, 15) is 0 Å². The number of rotatable bonds is 3. The fourth-order valence-corrected chi connectivity index (χ4v) is 1.84. The van der Waals surface area contributed by atoms with Gasteiger partial charge in [-0.1, -0.05) is 35.9 Å². The number of nitrogens with one attached hydrogen (secondary N) is 1. The Labute approximate surface area is 101 Å². The molecular formula is C14H14ClN. The molecule has 1 nitrogen and oxygen atoms in total. The molecule has 0 atom stereocenters. The predicted octanol–water partition coefficient (Wildman–Crippen LogP) is 4.26. The van der Waals surface area contributed by atoms with Crippen molar-refractivity contribution in [1.82, 2.24) is 0 Å². The number of para-hydroxylation sites is 1. The van der Waals surface area contributed by atoms with E-state index in [4.69, 9.17) is 11.6 Å². The van der Waals surface area contributed by atoms with Gasteiger partial charge in [0.05, 0.1) is 0 Å². The highest BCUT2D eigenvalue weighted by molar-refractivity contribution is 6.30. The molecule has 0 aliphatic rings. The maximum absolute atomic E-state index is 5.91. The van der Waals surface area contributed by atoms with Crippen molar-refractivity contribution in [2.24, 2.45) is 0 Å². The number of hydrogen-bond acceptors (Lipinski definition) is 1. The summed E-state index contributed by atoms with van der Waals surface area (Å²) in [5.74, 6) is 0. The molecule has 2 heteroatoms. The minimum absolute atomic E-state index is 0.793. The van der Waals surface area contributed by atoms with Gasteiger partial charge in [0.15, 0.2) is 0 Å². The first-order valence-corrected chi connectivity index (χ1v) is 5.67.